The van der Waals surface area contributed by atoms with Gasteiger partial charge in [-0.2, -0.15) is 0 Å². The third-order valence-electron chi connectivity index (χ3n) is 4.93. The molecule has 0 unspecified atom stereocenters. The molecule has 3 heterocycles. The molecule has 3 N–H and O–H groups in total. The van der Waals surface area contributed by atoms with Crippen LogP contribution in [0.3, 0.4) is 0 Å². The van der Waals surface area contributed by atoms with Gasteiger partial charge in [0.2, 0.25) is 0 Å². The molecule has 2 saturated heterocycles. The van der Waals surface area contributed by atoms with Gasteiger partial charge in [-0.05, 0) is 24.6 Å². The molecule has 6 nitrogen and oxygen atoms in total. The van der Waals surface area contributed by atoms with E-state index in [4.69, 9.17) is 27.9 Å². The van der Waals surface area contributed by atoms with Gasteiger partial charge in [0.05, 0.1) is 17.2 Å². The second kappa shape index (κ2) is 4.88. The van der Waals surface area contributed by atoms with Crippen LogP contribution in [-0.2, 0) is 9.53 Å². The van der Waals surface area contributed by atoms with Crippen molar-refractivity contribution in [2.45, 2.75) is 30.9 Å². The molecule has 1 amide bonds. The zero-order valence-electron chi connectivity index (χ0n) is 12.7. The molecule has 1 aromatic heterocycles. The van der Waals surface area contributed by atoms with Crippen LogP contribution in [0, 0.1) is 6.92 Å². The number of rotatable bonds is 3. The Morgan fingerprint density at radius 2 is 2.04 bits per heavy atom. The molecule has 1 aliphatic carbocycles. The molecule has 3 fully saturated rings. The smallest absolute Gasteiger partial charge is 0.336 e. The number of aryl methyl sites for hydroxylation is 1. The van der Waals surface area contributed by atoms with Gasteiger partial charge in [0.25, 0.3) is 5.91 Å². The predicted octanol–water partition coefficient (Wildman–Crippen LogP) is 2.90. The quantitative estimate of drug-likeness (QED) is 0.776. The Labute approximate surface area is 147 Å². The Hall–Kier alpha value is -1.76. The van der Waals surface area contributed by atoms with E-state index >= 15 is 0 Å². The number of carboxylic acids is 1. The van der Waals surface area contributed by atoms with E-state index in [9.17, 15) is 14.7 Å². The lowest BCUT2D eigenvalue weighted by atomic mass is 9.68. The third-order valence-corrected chi connectivity index (χ3v) is 5.45. The number of H-pyrrole nitrogens is 1. The standard InChI is InChI=1S/C16H14Cl2N2O4/c1-7-11-9(18)2-8(17)3-10(11)19-12(7)13(21)20-15-4-16(5-15,14(22)23)24-6-15/h2-3,19H,4-6H2,1H3,(H,20,21)(H,22,23). The molecule has 24 heavy (non-hydrogen) atoms. The summed E-state index contributed by atoms with van der Waals surface area (Å²) in [6.45, 7) is 2.01. The van der Waals surface area contributed by atoms with Gasteiger partial charge in [-0.1, -0.05) is 23.2 Å². The number of aromatic amines is 1. The van der Waals surface area contributed by atoms with Gasteiger partial charge < -0.3 is 20.1 Å². The highest BCUT2D eigenvalue weighted by Crippen LogP contribution is 2.51. The number of hydrogen-bond acceptors (Lipinski definition) is 3. The minimum absolute atomic E-state index is 0.205. The van der Waals surface area contributed by atoms with Gasteiger partial charge in [0.1, 0.15) is 5.69 Å². The summed E-state index contributed by atoms with van der Waals surface area (Å²) in [5.74, 6) is -1.28. The Balaban J connectivity index is 1.63. The second-order valence-electron chi connectivity index (χ2n) is 6.61. The maximum absolute atomic E-state index is 12.7. The average Bonchev–Trinajstić information content (AvgIpc) is 3.08. The minimum Gasteiger partial charge on any atom is -0.479 e. The summed E-state index contributed by atoms with van der Waals surface area (Å²) in [6, 6.07) is 3.34. The highest BCUT2D eigenvalue weighted by molar-refractivity contribution is 6.39. The Morgan fingerprint density at radius 1 is 1.33 bits per heavy atom. The number of carbonyl (C=O) groups is 2. The first kappa shape index (κ1) is 15.7. The Kier molecular flexibility index (Phi) is 3.20. The van der Waals surface area contributed by atoms with Crippen LogP contribution in [-0.4, -0.2) is 39.7 Å². The van der Waals surface area contributed by atoms with E-state index in [1.54, 1.807) is 19.1 Å². The highest BCUT2D eigenvalue weighted by atomic mass is 35.5. The number of amides is 1. The molecule has 1 aromatic carbocycles. The number of benzene rings is 1. The third kappa shape index (κ3) is 2.06. The lowest BCUT2D eigenvalue weighted by Gasteiger charge is -2.41. The van der Waals surface area contributed by atoms with E-state index in [0.29, 0.717) is 21.3 Å². The summed E-state index contributed by atoms with van der Waals surface area (Å²) in [7, 11) is 0. The summed E-state index contributed by atoms with van der Waals surface area (Å²) in [4.78, 5) is 26.9. The summed E-state index contributed by atoms with van der Waals surface area (Å²) < 4.78 is 5.38. The molecular weight excluding hydrogens is 355 g/mol. The van der Waals surface area contributed by atoms with Crippen molar-refractivity contribution in [2.75, 3.05) is 6.61 Å². The summed E-state index contributed by atoms with van der Waals surface area (Å²) in [5, 5.41) is 13.8. The topological polar surface area (TPSA) is 91.4 Å². The molecule has 0 radical (unpaired) electrons. The zero-order chi connectivity index (χ0) is 17.3. The lowest BCUT2D eigenvalue weighted by molar-refractivity contribution is -0.162. The zero-order valence-corrected chi connectivity index (χ0v) is 14.2. The number of nitrogens with one attached hydrogen (secondary N) is 2. The van der Waals surface area contributed by atoms with E-state index in [0.717, 1.165) is 10.9 Å². The number of aromatic nitrogens is 1. The van der Waals surface area contributed by atoms with Crippen molar-refractivity contribution in [1.82, 2.24) is 10.3 Å². The van der Waals surface area contributed by atoms with Gasteiger partial charge in [0.15, 0.2) is 5.60 Å². The minimum atomic E-state index is -1.14. The number of halogens is 2. The lowest BCUT2D eigenvalue weighted by Crippen LogP contribution is -2.62. The summed E-state index contributed by atoms with van der Waals surface area (Å²) >= 11 is 12.2. The fourth-order valence-electron chi connectivity index (χ4n) is 3.80. The van der Waals surface area contributed by atoms with Crippen molar-refractivity contribution in [3.63, 3.8) is 0 Å². The summed E-state index contributed by atoms with van der Waals surface area (Å²) in [6.07, 6.45) is 0.569. The van der Waals surface area contributed by atoms with Crippen LogP contribution in [0.1, 0.15) is 28.9 Å². The molecule has 0 spiro atoms. The van der Waals surface area contributed by atoms with Crippen molar-refractivity contribution >= 4 is 46.0 Å². The van der Waals surface area contributed by atoms with Crippen LogP contribution >= 0.6 is 23.2 Å². The average molecular weight is 369 g/mol. The number of ether oxygens (including phenoxy) is 1. The number of carboxylic acid groups (broad SMARTS) is 1. The number of carbonyl (C=O) groups excluding carboxylic acids is 1. The van der Waals surface area contributed by atoms with Crippen LogP contribution in [0.4, 0.5) is 0 Å². The van der Waals surface area contributed by atoms with Crippen LogP contribution in [0.25, 0.3) is 10.9 Å². The van der Waals surface area contributed by atoms with E-state index in [-0.39, 0.29) is 25.4 Å². The highest BCUT2D eigenvalue weighted by Gasteiger charge is 2.67. The molecule has 1 saturated carbocycles. The molecule has 3 aliphatic rings. The number of hydrogen-bond donors (Lipinski definition) is 3. The second-order valence-corrected chi connectivity index (χ2v) is 7.45. The van der Waals surface area contributed by atoms with Crippen molar-refractivity contribution in [1.29, 1.82) is 0 Å². The van der Waals surface area contributed by atoms with Crippen molar-refractivity contribution in [2.24, 2.45) is 0 Å². The molecule has 2 aliphatic heterocycles. The first-order valence-corrected chi connectivity index (χ1v) is 8.18. The van der Waals surface area contributed by atoms with Gasteiger partial charge >= 0.3 is 5.97 Å². The first-order chi connectivity index (χ1) is 11.3. The van der Waals surface area contributed by atoms with Gasteiger partial charge in [-0.3, -0.25) is 4.79 Å². The van der Waals surface area contributed by atoms with Crippen molar-refractivity contribution < 1.29 is 19.4 Å². The van der Waals surface area contributed by atoms with E-state index in [1.807, 2.05) is 0 Å². The molecule has 2 bridgehead atoms. The fraction of sp³-hybridized carbons (Fsp3) is 0.375. The fourth-order valence-corrected chi connectivity index (χ4v) is 4.43. The van der Waals surface area contributed by atoms with Crippen LogP contribution in [0.2, 0.25) is 10.0 Å². The molecule has 126 valence electrons. The van der Waals surface area contributed by atoms with E-state index in [2.05, 4.69) is 10.3 Å². The van der Waals surface area contributed by atoms with E-state index < -0.39 is 17.1 Å². The molecule has 5 rings (SSSR count). The van der Waals surface area contributed by atoms with Crippen LogP contribution < -0.4 is 5.32 Å². The van der Waals surface area contributed by atoms with Gasteiger partial charge in [0, 0.05) is 28.8 Å². The summed E-state index contributed by atoms with van der Waals surface area (Å²) in [5.41, 5.74) is 0.0515. The normalized spacial score (nSPS) is 28.0. The van der Waals surface area contributed by atoms with E-state index in [1.165, 1.54) is 0 Å². The molecular formula is C16H14Cl2N2O4. The van der Waals surface area contributed by atoms with Gasteiger partial charge in [-0.25, -0.2) is 4.79 Å². The maximum Gasteiger partial charge on any atom is 0.336 e. The SMILES string of the molecule is Cc1c(C(=O)NC23COC(C(=O)O)(C2)C3)[nH]c2cc(Cl)cc(Cl)c12. The molecule has 2 aromatic rings. The Morgan fingerprint density at radius 3 is 2.67 bits per heavy atom. The van der Waals surface area contributed by atoms with Gasteiger partial charge in [-0.15, -0.1) is 0 Å². The van der Waals surface area contributed by atoms with Crippen molar-refractivity contribution in [3.05, 3.63) is 33.4 Å². The Bertz CT molecular complexity index is 899. The van der Waals surface area contributed by atoms with Crippen molar-refractivity contribution in [3.8, 4) is 0 Å². The van der Waals surface area contributed by atoms with Crippen LogP contribution in [0.15, 0.2) is 12.1 Å². The number of aliphatic carboxylic acids is 1. The largest absolute Gasteiger partial charge is 0.479 e. The first-order valence-electron chi connectivity index (χ1n) is 7.43. The molecule has 0 atom stereocenters. The molecule has 8 heteroatoms. The van der Waals surface area contributed by atoms with Crippen LogP contribution in [0.5, 0.6) is 0 Å². The number of fused-ring (bicyclic) bond motifs is 2. The maximum atomic E-state index is 12.7. The predicted molar refractivity (Wildman–Crippen MR) is 88.8 cm³/mol. The monoisotopic (exact) mass is 368 g/mol.